The molecule has 0 aromatic heterocycles. The molecule has 2 rings (SSSR count). The largest absolute Gasteiger partial charge is 0.328 e. The third-order valence-corrected chi connectivity index (χ3v) is 2.96. The van der Waals surface area contributed by atoms with Crippen LogP contribution >= 0.6 is 11.9 Å². The van der Waals surface area contributed by atoms with Gasteiger partial charge in [-0.1, -0.05) is 11.9 Å². The van der Waals surface area contributed by atoms with Gasteiger partial charge in [0, 0.05) is 5.75 Å². The highest BCUT2D eigenvalue weighted by Crippen LogP contribution is 2.26. The smallest absolute Gasteiger partial charge is 0.276 e. The summed E-state index contributed by atoms with van der Waals surface area (Å²) < 4.78 is 2.73. The molecule has 4 amide bonds. The number of amides is 4. The maximum absolute atomic E-state index is 11.4. The number of carbonyl (C=O) groups is 3. The Morgan fingerprint density at radius 1 is 1.15 bits per heavy atom. The van der Waals surface area contributed by atoms with Crippen LogP contribution in [0.15, 0.2) is 0 Å². The second-order valence-electron chi connectivity index (χ2n) is 2.84. The van der Waals surface area contributed by atoms with Gasteiger partial charge < -0.3 is 0 Å². The van der Waals surface area contributed by atoms with Crippen LogP contribution in [0, 0.1) is 0 Å². The molecule has 0 atom stereocenters. The molecule has 2 fully saturated rings. The Kier molecular flexibility index (Phi) is 1.77. The van der Waals surface area contributed by atoms with Crippen LogP contribution in [0.1, 0.15) is 6.42 Å². The number of carbonyl (C=O) groups excluding carboxylic acids is 3. The van der Waals surface area contributed by atoms with E-state index < -0.39 is 23.4 Å². The standard InChI is InChI=1S/C6H7N3O3S/c10-3-6(1-2-13-9-6)4(11)8-5(12)7-3/h9H,1-2H2,(H2,7,8,10,11,12). The molecule has 0 unspecified atom stereocenters. The van der Waals surface area contributed by atoms with E-state index in [0.29, 0.717) is 12.2 Å². The Morgan fingerprint density at radius 2 is 1.77 bits per heavy atom. The molecule has 0 aliphatic carbocycles. The van der Waals surface area contributed by atoms with Gasteiger partial charge in [-0.25, -0.2) is 9.52 Å². The monoisotopic (exact) mass is 201 g/mol. The molecule has 0 saturated carbocycles. The first-order chi connectivity index (χ1) is 6.15. The zero-order chi connectivity index (χ0) is 9.47. The average Bonchev–Trinajstić information content (AvgIpc) is 2.50. The van der Waals surface area contributed by atoms with E-state index in [1.807, 2.05) is 0 Å². The lowest BCUT2D eigenvalue weighted by molar-refractivity contribution is -0.138. The van der Waals surface area contributed by atoms with Crippen molar-refractivity contribution in [1.82, 2.24) is 15.4 Å². The molecule has 7 heteroatoms. The van der Waals surface area contributed by atoms with Gasteiger partial charge in [0.2, 0.25) is 0 Å². The first-order valence-electron chi connectivity index (χ1n) is 3.71. The topological polar surface area (TPSA) is 87.3 Å². The van der Waals surface area contributed by atoms with E-state index in [1.54, 1.807) is 0 Å². The predicted molar refractivity (Wildman–Crippen MR) is 44.6 cm³/mol. The lowest BCUT2D eigenvalue weighted by atomic mass is 9.94. The maximum atomic E-state index is 11.4. The summed E-state index contributed by atoms with van der Waals surface area (Å²) in [5.74, 6) is -0.452. The normalized spacial score (nSPS) is 26.0. The average molecular weight is 201 g/mol. The minimum absolute atomic E-state index is 0.405. The maximum Gasteiger partial charge on any atom is 0.328 e. The number of imide groups is 2. The molecular formula is C6H7N3O3S. The van der Waals surface area contributed by atoms with Gasteiger partial charge in [-0.2, -0.15) is 0 Å². The minimum atomic E-state index is -1.24. The van der Waals surface area contributed by atoms with Crippen LogP contribution in [0.2, 0.25) is 0 Å². The Bertz CT molecular complexity index is 275. The molecular weight excluding hydrogens is 194 g/mol. The van der Waals surface area contributed by atoms with Crippen LogP contribution in [0.3, 0.4) is 0 Å². The van der Waals surface area contributed by atoms with Crippen molar-refractivity contribution in [3.05, 3.63) is 0 Å². The van der Waals surface area contributed by atoms with Crippen molar-refractivity contribution in [3.8, 4) is 0 Å². The molecule has 6 nitrogen and oxygen atoms in total. The van der Waals surface area contributed by atoms with E-state index in [-0.39, 0.29) is 0 Å². The second-order valence-corrected chi connectivity index (χ2v) is 3.74. The fraction of sp³-hybridized carbons (Fsp3) is 0.500. The third-order valence-electron chi connectivity index (χ3n) is 2.05. The van der Waals surface area contributed by atoms with E-state index in [2.05, 4.69) is 15.4 Å². The molecule has 2 heterocycles. The quantitative estimate of drug-likeness (QED) is 0.336. The Hall–Kier alpha value is -1.08. The van der Waals surface area contributed by atoms with Crippen molar-refractivity contribution in [1.29, 1.82) is 0 Å². The van der Waals surface area contributed by atoms with E-state index in [4.69, 9.17) is 0 Å². The minimum Gasteiger partial charge on any atom is -0.276 e. The van der Waals surface area contributed by atoms with Gasteiger partial charge >= 0.3 is 6.03 Å². The molecule has 2 saturated heterocycles. The SMILES string of the molecule is O=C1NC(=O)C2(CCSN2)C(=O)N1. The number of rotatable bonds is 0. The highest BCUT2D eigenvalue weighted by Gasteiger charge is 2.52. The zero-order valence-corrected chi connectivity index (χ0v) is 7.36. The third kappa shape index (κ3) is 1.11. The van der Waals surface area contributed by atoms with E-state index in [1.165, 1.54) is 11.9 Å². The molecule has 2 aliphatic rings. The molecule has 0 aromatic rings. The van der Waals surface area contributed by atoms with Crippen LogP contribution in [0.5, 0.6) is 0 Å². The molecule has 70 valence electrons. The summed E-state index contributed by atoms with van der Waals surface area (Å²) in [6.07, 6.45) is 0.405. The molecule has 0 radical (unpaired) electrons. The van der Waals surface area contributed by atoms with Crippen molar-refractivity contribution < 1.29 is 14.4 Å². The first-order valence-corrected chi connectivity index (χ1v) is 4.69. The van der Waals surface area contributed by atoms with E-state index in [9.17, 15) is 14.4 Å². The predicted octanol–water partition coefficient (Wildman–Crippen LogP) is -1.27. The Morgan fingerprint density at radius 3 is 2.23 bits per heavy atom. The van der Waals surface area contributed by atoms with Crippen molar-refractivity contribution in [2.75, 3.05) is 5.75 Å². The first kappa shape index (κ1) is 8.52. The second kappa shape index (κ2) is 2.71. The summed E-state index contributed by atoms with van der Waals surface area (Å²) in [5, 5.41) is 4.11. The number of nitrogens with one attached hydrogen (secondary N) is 3. The summed E-state index contributed by atoms with van der Waals surface area (Å²) in [6, 6.07) is -0.751. The molecule has 0 aromatic carbocycles. The molecule has 13 heavy (non-hydrogen) atoms. The molecule has 2 aliphatic heterocycles. The van der Waals surface area contributed by atoms with Crippen LogP contribution in [-0.4, -0.2) is 29.1 Å². The fourth-order valence-corrected chi connectivity index (χ4v) is 2.35. The zero-order valence-electron chi connectivity index (χ0n) is 6.55. The molecule has 1 spiro atoms. The van der Waals surface area contributed by atoms with Crippen molar-refractivity contribution in [2.24, 2.45) is 0 Å². The summed E-state index contributed by atoms with van der Waals surface area (Å²) in [6.45, 7) is 0. The summed E-state index contributed by atoms with van der Waals surface area (Å²) >= 11 is 1.31. The number of hydrogen-bond donors (Lipinski definition) is 3. The number of hydrogen-bond acceptors (Lipinski definition) is 5. The van der Waals surface area contributed by atoms with Gasteiger partial charge in [-0.3, -0.25) is 20.2 Å². The molecule has 0 bridgehead atoms. The van der Waals surface area contributed by atoms with Gasteiger partial charge in [0.15, 0.2) is 5.54 Å². The van der Waals surface area contributed by atoms with Crippen LogP contribution < -0.4 is 15.4 Å². The lowest BCUT2D eigenvalue weighted by Crippen LogP contribution is -2.69. The van der Waals surface area contributed by atoms with Gasteiger partial charge in [-0.05, 0) is 6.42 Å². The van der Waals surface area contributed by atoms with Crippen LogP contribution in [0.25, 0.3) is 0 Å². The Balaban J connectivity index is 2.31. The highest BCUT2D eigenvalue weighted by atomic mass is 32.2. The van der Waals surface area contributed by atoms with Crippen molar-refractivity contribution >= 4 is 29.8 Å². The van der Waals surface area contributed by atoms with Crippen LogP contribution in [0.4, 0.5) is 4.79 Å². The van der Waals surface area contributed by atoms with Crippen molar-refractivity contribution in [2.45, 2.75) is 12.0 Å². The molecule has 3 N–H and O–H groups in total. The number of barbiturate groups is 1. The van der Waals surface area contributed by atoms with Gasteiger partial charge in [0.1, 0.15) is 0 Å². The summed E-state index contributed by atoms with van der Waals surface area (Å²) in [4.78, 5) is 33.5. The number of urea groups is 1. The summed E-state index contributed by atoms with van der Waals surface area (Å²) in [7, 11) is 0. The lowest BCUT2D eigenvalue weighted by Gasteiger charge is -2.29. The van der Waals surface area contributed by atoms with Crippen LogP contribution in [-0.2, 0) is 9.59 Å². The van der Waals surface area contributed by atoms with Gasteiger partial charge in [-0.15, -0.1) is 0 Å². The van der Waals surface area contributed by atoms with E-state index in [0.717, 1.165) is 0 Å². The van der Waals surface area contributed by atoms with Gasteiger partial charge in [0.05, 0.1) is 0 Å². The van der Waals surface area contributed by atoms with E-state index >= 15 is 0 Å². The van der Waals surface area contributed by atoms with Crippen molar-refractivity contribution in [3.63, 3.8) is 0 Å². The Labute approximate surface area is 77.9 Å². The highest BCUT2D eigenvalue weighted by molar-refractivity contribution is 7.97. The fourth-order valence-electron chi connectivity index (χ4n) is 1.30. The van der Waals surface area contributed by atoms with Gasteiger partial charge in [0.25, 0.3) is 11.8 Å². The summed E-state index contributed by atoms with van der Waals surface area (Å²) in [5.41, 5.74) is -1.24.